The molecule has 9 heteroatoms. The largest absolute Gasteiger partial charge is 0.495 e. The molecule has 0 saturated carbocycles. The van der Waals surface area contributed by atoms with Crippen molar-refractivity contribution in [1.82, 2.24) is 4.98 Å². The van der Waals surface area contributed by atoms with Gasteiger partial charge in [0.15, 0.2) is 11.2 Å². The molecule has 0 fully saturated rings. The summed E-state index contributed by atoms with van der Waals surface area (Å²) in [7, 11) is 1.54. The first kappa shape index (κ1) is 19.0. The summed E-state index contributed by atoms with van der Waals surface area (Å²) in [4.78, 5) is 16.7. The van der Waals surface area contributed by atoms with Gasteiger partial charge in [0.25, 0.3) is 5.91 Å². The van der Waals surface area contributed by atoms with Crippen molar-refractivity contribution >= 4 is 67.4 Å². The van der Waals surface area contributed by atoms with Gasteiger partial charge in [0.05, 0.1) is 27.4 Å². The maximum absolute atomic E-state index is 12.4. The van der Waals surface area contributed by atoms with E-state index in [0.29, 0.717) is 37.2 Å². The maximum Gasteiger partial charge on any atom is 0.266 e. The fourth-order valence-electron chi connectivity index (χ4n) is 2.16. The van der Waals surface area contributed by atoms with Gasteiger partial charge in [-0.15, -0.1) is 0 Å². The van der Waals surface area contributed by atoms with Crippen LogP contribution in [0.4, 0.5) is 5.13 Å². The fraction of sp³-hybridized carbons (Fsp3) is 0.176. The van der Waals surface area contributed by atoms with E-state index in [-0.39, 0.29) is 5.91 Å². The monoisotopic (exact) mass is 430 g/mol. The number of carbonyl (C=O) groups is 1. The first-order chi connectivity index (χ1) is 12.4. The molecule has 3 rings (SSSR count). The number of carbonyl (C=O) groups excluding carboxylic acids is 1. The third-order valence-corrected chi connectivity index (χ3v) is 5.22. The molecule has 0 aliphatic rings. The molecule has 1 aromatic heterocycles. The molecule has 1 heterocycles. The van der Waals surface area contributed by atoms with Gasteiger partial charge in [-0.05, 0) is 31.2 Å². The Balaban J connectivity index is 1.73. The zero-order valence-corrected chi connectivity index (χ0v) is 16.8. The van der Waals surface area contributed by atoms with Crippen LogP contribution in [0.5, 0.6) is 11.5 Å². The van der Waals surface area contributed by atoms with Gasteiger partial charge in [-0.25, -0.2) is 4.98 Å². The Labute approximate surface area is 168 Å². The Bertz CT molecular complexity index is 977. The summed E-state index contributed by atoms with van der Waals surface area (Å²) >= 11 is 19.3. The number of halogens is 3. The number of hydrogen-bond donors (Lipinski definition) is 1. The Kier molecular flexibility index (Phi) is 5.77. The molecule has 5 nitrogen and oxygen atoms in total. The summed E-state index contributed by atoms with van der Waals surface area (Å²) in [5.41, 5.74) is 0.672. The van der Waals surface area contributed by atoms with Crippen molar-refractivity contribution in [2.45, 2.75) is 13.0 Å². The highest BCUT2D eigenvalue weighted by Gasteiger charge is 2.18. The van der Waals surface area contributed by atoms with Gasteiger partial charge in [-0.2, -0.15) is 0 Å². The highest BCUT2D eigenvalue weighted by molar-refractivity contribution is 7.22. The Morgan fingerprint density at radius 1 is 1.15 bits per heavy atom. The molecule has 0 bridgehead atoms. The molecule has 1 amide bonds. The second-order valence-corrected chi connectivity index (χ2v) is 7.58. The highest BCUT2D eigenvalue weighted by atomic mass is 35.5. The second-order valence-electron chi connectivity index (χ2n) is 5.30. The molecule has 0 aliphatic carbocycles. The van der Waals surface area contributed by atoms with E-state index >= 15 is 0 Å². The van der Waals surface area contributed by atoms with Crippen LogP contribution in [0, 0.1) is 0 Å². The third kappa shape index (κ3) is 4.15. The number of nitrogens with zero attached hydrogens (tertiary/aromatic N) is 1. The minimum atomic E-state index is -0.779. The fourth-order valence-corrected chi connectivity index (χ4v) is 3.73. The standard InChI is InChI=1S/C17H13Cl3N2O3S/c1-8(25-13-4-3-9(18)5-10(13)19)16(23)22-17-21-12-6-11(20)14(24-2)7-15(12)26-17/h3-8H,1-2H3,(H,21,22,23)/t8-/m1/s1. The number of hydrogen-bond acceptors (Lipinski definition) is 5. The number of ether oxygens (including phenoxy) is 2. The minimum absolute atomic E-state index is 0.332. The van der Waals surface area contributed by atoms with Gasteiger partial charge in [0.2, 0.25) is 0 Å². The van der Waals surface area contributed by atoms with E-state index in [2.05, 4.69) is 10.3 Å². The van der Waals surface area contributed by atoms with Crippen LogP contribution in [0.1, 0.15) is 6.92 Å². The van der Waals surface area contributed by atoms with E-state index in [1.807, 2.05) is 0 Å². The van der Waals surface area contributed by atoms with E-state index in [0.717, 1.165) is 4.70 Å². The van der Waals surface area contributed by atoms with Crippen molar-refractivity contribution < 1.29 is 14.3 Å². The van der Waals surface area contributed by atoms with Gasteiger partial charge in [0.1, 0.15) is 11.5 Å². The van der Waals surface area contributed by atoms with Crippen molar-refractivity contribution in [3.63, 3.8) is 0 Å². The summed E-state index contributed by atoms with van der Waals surface area (Å²) in [6.45, 7) is 1.62. The molecular weight excluding hydrogens is 419 g/mol. The molecule has 1 atom stereocenters. The first-order valence-electron chi connectivity index (χ1n) is 7.44. The number of rotatable bonds is 5. The molecule has 1 N–H and O–H groups in total. The number of thiazole rings is 1. The lowest BCUT2D eigenvalue weighted by Crippen LogP contribution is -2.30. The topological polar surface area (TPSA) is 60.5 Å². The molecule has 26 heavy (non-hydrogen) atoms. The minimum Gasteiger partial charge on any atom is -0.495 e. The highest BCUT2D eigenvalue weighted by Crippen LogP contribution is 2.34. The van der Waals surface area contributed by atoms with Crippen molar-refractivity contribution in [2.24, 2.45) is 0 Å². The first-order valence-corrected chi connectivity index (χ1v) is 9.39. The van der Waals surface area contributed by atoms with E-state index in [9.17, 15) is 4.79 Å². The van der Waals surface area contributed by atoms with Crippen LogP contribution in [0.2, 0.25) is 15.1 Å². The van der Waals surface area contributed by atoms with Crippen molar-refractivity contribution in [3.05, 3.63) is 45.4 Å². The van der Waals surface area contributed by atoms with E-state index in [1.165, 1.54) is 18.4 Å². The predicted molar refractivity (Wildman–Crippen MR) is 106 cm³/mol. The van der Waals surface area contributed by atoms with Crippen LogP contribution in [0.25, 0.3) is 10.2 Å². The van der Waals surface area contributed by atoms with E-state index in [1.54, 1.807) is 37.3 Å². The summed E-state index contributed by atoms with van der Waals surface area (Å²) in [5.74, 6) is 0.572. The lowest BCUT2D eigenvalue weighted by Gasteiger charge is -2.14. The van der Waals surface area contributed by atoms with Crippen LogP contribution >= 0.6 is 46.1 Å². The summed E-state index contributed by atoms with van der Waals surface area (Å²) < 4.78 is 11.6. The van der Waals surface area contributed by atoms with Crippen LogP contribution in [0.15, 0.2) is 30.3 Å². The molecule has 0 spiro atoms. The molecule has 0 unspecified atom stereocenters. The zero-order chi connectivity index (χ0) is 18.8. The van der Waals surface area contributed by atoms with Crippen LogP contribution in [-0.4, -0.2) is 24.1 Å². The van der Waals surface area contributed by atoms with Crippen LogP contribution < -0.4 is 14.8 Å². The third-order valence-electron chi connectivity index (χ3n) is 3.46. The molecule has 0 saturated heterocycles. The van der Waals surface area contributed by atoms with E-state index < -0.39 is 6.10 Å². The number of nitrogens with one attached hydrogen (secondary N) is 1. The smallest absolute Gasteiger partial charge is 0.266 e. The number of aromatic nitrogens is 1. The zero-order valence-electron chi connectivity index (χ0n) is 13.7. The molecule has 136 valence electrons. The van der Waals surface area contributed by atoms with Gasteiger partial charge in [-0.3, -0.25) is 10.1 Å². The number of anilines is 1. The Morgan fingerprint density at radius 3 is 2.58 bits per heavy atom. The number of fused-ring (bicyclic) bond motifs is 1. The number of benzene rings is 2. The van der Waals surface area contributed by atoms with E-state index in [4.69, 9.17) is 44.3 Å². The Morgan fingerprint density at radius 2 is 1.88 bits per heavy atom. The second kappa shape index (κ2) is 7.88. The van der Waals surface area contributed by atoms with Crippen molar-refractivity contribution in [2.75, 3.05) is 12.4 Å². The van der Waals surface area contributed by atoms with Crippen LogP contribution in [-0.2, 0) is 4.79 Å². The van der Waals surface area contributed by atoms with Gasteiger partial charge >= 0.3 is 0 Å². The SMILES string of the molecule is COc1cc2sc(NC(=O)[C@@H](C)Oc3ccc(Cl)cc3Cl)nc2cc1Cl. The van der Waals surface area contributed by atoms with Crippen LogP contribution in [0.3, 0.4) is 0 Å². The number of methoxy groups -OCH3 is 1. The summed E-state index contributed by atoms with van der Waals surface area (Å²) in [5, 5.41) is 4.44. The lowest BCUT2D eigenvalue weighted by molar-refractivity contribution is -0.122. The lowest BCUT2D eigenvalue weighted by atomic mass is 10.3. The summed E-state index contributed by atoms with van der Waals surface area (Å²) in [6, 6.07) is 8.26. The molecule has 2 aromatic carbocycles. The molecular formula is C17H13Cl3N2O3S. The number of amides is 1. The molecule has 0 radical (unpaired) electrons. The average molecular weight is 432 g/mol. The van der Waals surface area contributed by atoms with Gasteiger partial charge in [0, 0.05) is 11.1 Å². The molecule has 3 aromatic rings. The molecule has 0 aliphatic heterocycles. The van der Waals surface area contributed by atoms with Crippen molar-refractivity contribution in [1.29, 1.82) is 0 Å². The van der Waals surface area contributed by atoms with Gasteiger partial charge in [-0.1, -0.05) is 46.1 Å². The normalized spacial score (nSPS) is 12.0. The predicted octanol–water partition coefficient (Wildman–Crippen LogP) is 5.67. The maximum atomic E-state index is 12.4. The quantitative estimate of drug-likeness (QED) is 0.565. The average Bonchev–Trinajstić information content (AvgIpc) is 2.97. The van der Waals surface area contributed by atoms with Crippen molar-refractivity contribution in [3.8, 4) is 11.5 Å². The Hall–Kier alpha value is -1.73. The van der Waals surface area contributed by atoms with Gasteiger partial charge < -0.3 is 9.47 Å². The summed E-state index contributed by atoms with van der Waals surface area (Å²) in [6.07, 6.45) is -0.779.